The van der Waals surface area contributed by atoms with E-state index in [2.05, 4.69) is 10.6 Å². The summed E-state index contributed by atoms with van der Waals surface area (Å²) in [6.45, 7) is 0.131. The number of carbonyl (C=O) groups is 3. The van der Waals surface area contributed by atoms with Crippen molar-refractivity contribution in [2.75, 3.05) is 4.90 Å². The van der Waals surface area contributed by atoms with E-state index in [1.165, 1.54) is 30.3 Å². The number of fused-ring (bicyclic) bond motifs is 1. The summed E-state index contributed by atoms with van der Waals surface area (Å²) < 4.78 is 15.2. The van der Waals surface area contributed by atoms with Crippen LogP contribution >= 0.6 is 12.2 Å². The molecule has 2 fully saturated rings. The maximum Gasteiger partial charge on any atom is 0.270 e. The Morgan fingerprint density at radius 1 is 1.11 bits per heavy atom. The third-order valence-electron chi connectivity index (χ3n) is 6.34. The van der Waals surface area contributed by atoms with Gasteiger partial charge in [-0.15, -0.1) is 0 Å². The lowest BCUT2D eigenvalue weighted by molar-refractivity contribution is -0.123. The molecule has 3 aromatic rings. The van der Waals surface area contributed by atoms with Gasteiger partial charge in [-0.25, -0.2) is 4.39 Å². The monoisotopic (exact) mass is 490 g/mol. The largest absolute Gasteiger partial charge is 0.352 e. The molecular weight excluding hydrogens is 467 g/mol. The smallest absolute Gasteiger partial charge is 0.270 e. The van der Waals surface area contributed by atoms with Crippen molar-refractivity contribution in [3.8, 4) is 0 Å². The highest BCUT2D eigenvalue weighted by molar-refractivity contribution is 7.80. The third kappa shape index (κ3) is 4.59. The summed E-state index contributed by atoms with van der Waals surface area (Å²) in [7, 11) is 0. The first-order valence-corrected chi connectivity index (χ1v) is 11.9. The fraction of sp³-hybridized carbons (Fsp3) is 0.231. The van der Waals surface area contributed by atoms with E-state index in [4.69, 9.17) is 12.2 Å². The number of amides is 3. The summed E-state index contributed by atoms with van der Waals surface area (Å²) >= 11 is 5.20. The van der Waals surface area contributed by atoms with Gasteiger partial charge in [0.15, 0.2) is 5.11 Å². The number of carbonyl (C=O) groups excluding carboxylic acids is 3. The van der Waals surface area contributed by atoms with Crippen molar-refractivity contribution >= 4 is 57.7 Å². The van der Waals surface area contributed by atoms with Crippen LogP contribution in [0.1, 0.15) is 31.2 Å². The number of nitrogens with one attached hydrogen (secondary N) is 2. The number of para-hydroxylation sites is 1. The molecule has 178 valence electrons. The van der Waals surface area contributed by atoms with Gasteiger partial charge in [-0.1, -0.05) is 31.0 Å². The van der Waals surface area contributed by atoms with Gasteiger partial charge < -0.3 is 9.88 Å². The van der Waals surface area contributed by atoms with E-state index in [0.717, 1.165) is 41.5 Å². The second-order valence-corrected chi connectivity index (χ2v) is 9.10. The molecule has 0 spiro atoms. The summed E-state index contributed by atoms with van der Waals surface area (Å²) in [5.41, 5.74) is 1.68. The number of benzene rings is 2. The molecule has 2 N–H and O–H groups in total. The lowest BCUT2D eigenvalue weighted by atomic mass is 10.1. The van der Waals surface area contributed by atoms with Gasteiger partial charge in [0.2, 0.25) is 5.91 Å². The highest BCUT2D eigenvalue weighted by atomic mass is 32.1. The van der Waals surface area contributed by atoms with Gasteiger partial charge in [-0.2, -0.15) is 0 Å². The molecule has 0 atom stereocenters. The first-order valence-electron chi connectivity index (χ1n) is 11.4. The van der Waals surface area contributed by atoms with E-state index < -0.39 is 17.6 Å². The molecule has 1 aliphatic carbocycles. The van der Waals surface area contributed by atoms with Gasteiger partial charge in [0.05, 0.1) is 5.69 Å². The Kier molecular flexibility index (Phi) is 6.17. The summed E-state index contributed by atoms with van der Waals surface area (Å²) in [4.78, 5) is 39.8. The van der Waals surface area contributed by atoms with Crippen LogP contribution in [0, 0.1) is 5.82 Å². The number of aromatic nitrogens is 1. The van der Waals surface area contributed by atoms with E-state index in [9.17, 15) is 18.8 Å². The van der Waals surface area contributed by atoms with Crippen LogP contribution in [0.15, 0.2) is 60.3 Å². The van der Waals surface area contributed by atoms with Crippen LogP contribution in [0.25, 0.3) is 17.0 Å². The molecule has 1 aliphatic heterocycles. The van der Waals surface area contributed by atoms with Crippen LogP contribution in [0.5, 0.6) is 0 Å². The molecule has 0 bridgehead atoms. The van der Waals surface area contributed by atoms with E-state index >= 15 is 0 Å². The first kappa shape index (κ1) is 22.9. The van der Waals surface area contributed by atoms with Crippen LogP contribution in [-0.2, 0) is 20.9 Å². The SMILES string of the molecule is O=C(Cn1cc(/C=C2\C(=O)NC(=S)N(c3ccc(F)cc3)C2=O)c2ccccc21)NC1CCCC1. The standard InChI is InChI=1S/C26H23FN4O3S/c27-17-9-11-19(12-10-17)31-25(34)21(24(33)29-26(31)35)13-16-14-30(22-8-4-3-7-20(16)22)15-23(32)28-18-5-1-2-6-18/h3-4,7-14,18H,1-2,5-6,15H2,(H,28,32)(H,29,33,35)/b21-13+. The lowest BCUT2D eigenvalue weighted by Gasteiger charge is -2.28. The number of thiocarbonyl (C=S) groups is 1. The number of rotatable bonds is 5. The highest BCUT2D eigenvalue weighted by Gasteiger charge is 2.34. The number of nitrogens with zero attached hydrogens (tertiary/aromatic N) is 2. The molecule has 0 unspecified atom stereocenters. The molecule has 35 heavy (non-hydrogen) atoms. The summed E-state index contributed by atoms with van der Waals surface area (Å²) in [5, 5.41) is 6.35. The molecular formula is C26H23FN4O3S. The van der Waals surface area contributed by atoms with Gasteiger partial charge >= 0.3 is 0 Å². The van der Waals surface area contributed by atoms with E-state index in [1.807, 2.05) is 28.8 Å². The maximum absolute atomic E-state index is 13.4. The minimum absolute atomic E-state index is 0.0730. The van der Waals surface area contributed by atoms with E-state index in [-0.39, 0.29) is 29.2 Å². The zero-order chi connectivity index (χ0) is 24.5. The second kappa shape index (κ2) is 9.42. The van der Waals surface area contributed by atoms with E-state index in [1.54, 1.807) is 6.20 Å². The number of halogens is 1. The molecule has 1 saturated carbocycles. The van der Waals surface area contributed by atoms with Crippen molar-refractivity contribution in [1.82, 2.24) is 15.2 Å². The average molecular weight is 491 g/mol. The van der Waals surface area contributed by atoms with Crippen molar-refractivity contribution < 1.29 is 18.8 Å². The topological polar surface area (TPSA) is 83.4 Å². The second-order valence-electron chi connectivity index (χ2n) is 8.71. The lowest BCUT2D eigenvalue weighted by Crippen LogP contribution is -2.54. The zero-order valence-corrected chi connectivity index (χ0v) is 19.6. The van der Waals surface area contributed by atoms with Gasteiger partial charge in [0, 0.05) is 28.7 Å². The Labute approximate surface area is 206 Å². The number of hydrogen-bond acceptors (Lipinski definition) is 4. The summed E-state index contributed by atoms with van der Waals surface area (Å²) in [6.07, 6.45) is 7.52. The van der Waals surface area contributed by atoms with Gasteiger partial charge in [0.1, 0.15) is 17.9 Å². The minimum atomic E-state index is -0.617. The Morgan fingerprint density at radius 2 is 1.83 bits per heavy atom. The molecule has 1 aromatic heterocycles. The first-order chi connectivity index (χ1) is 16.9. The normalized spacial score (nSPS) is 17.9. The molecule has 5 rings (SSSR count). The molecule has 0 radical (unpaired) electrons. The Hall–Kier alpha value is -3.85. The van der Waals surface area contributed by atoms with Crippen molar-refractivity contribution in [3.05, 3.63) is 71.7 Å². The fourth-order valence-corrected chi connectivity index (χ4v) is 4.94. The van der Waals surface area contributed by atoms with Crippen LogP contribution < -0.4 is 15.5 Å². The zero-order valence-electron chi connectivity index (χ0n) is 18.8. The molecule has 2 aromatic carbocycles. The quantitative estimate of drug-likeness (QED) is 0.325. The van der Waals surface area contributed by atoms with Gasteiger partial charge in [-0.05, 0) is 61.5 Å². The molecule has 1 saturated heterocycles. The van der Waals surface area contributed by atoms with Crippen LogP contribution in [-0.4, -0.2) is 33.4 Å². The number of anilines is 1. The van der Waals surface area contributed by atoms with Crippen molar-refractivity contribution in [2.45, 2.75) is 38.3 Å². The maximum atomic E-state index is 13.4. The summed E-state index contributed by atoms with van der Waals surface area (Å²) in [6, 6.07) is 13.0. The molecule has 3 amide bonds. The van der Waals surface area contributed by atoms with Gasteiger partial charge in [-0.3, -0.25) is 24.6 Å². The molecule has 7 nitrogen and oxygen atoms in total. The Morgan fingerprint density at radius 3 is 2.57 bits per heavy atom. The molecule has 9 heteroatoms. The molecule has 2 aliphatic rings. The predicted molar refractivity (Wildman–Crippen MR) is 135 cm³/mol. The Balaban J connectivity index is 1.48. The van der Waals surface area contributed by atoms with Gasteiger partial charge in [0.25, 0.3) is 11.8 Å². The van der Waals surface area contributed by atoms with E-state index in [0.29, 0.717) is 11.3 Å². The number of hydrogen-bond donors (Lipinski definition) is 2. The van der Waals surface area contributed by atoms with Crippen LogP contribution in [0.4, 0.5) is 10.1 Å². The predicted octanol–water partition coefficient (Wildman–Crippen LogP) is 3.67. The minimum Gasteiger partial charge on any atom is -0.352 e. The van der Waals surface area contributed by atoms with Crippen molar-refractivity contribution in [3.63, 3.8) is 0 Å². The van der Waals surface area contributed by atoms with Crippen molar-refractivity contribution in [2.24, 2.45) is 0 Å². The van der Waals surface area contributed by atoms with Crippen LogP contribution in [0.3, 0.4) is 0 Å². The Bertz CT molecular complexity index is 1370. The third-order valence-corrected chi connectivity index (χ3v) is 6.62. The average Bonchev–Trinajstić information content (AvgIpc) is 3.46. The molecule has 2 heterocycles. The van der Waals surface area contributed by atoms with Crippen LogP contribution in [0.2, 0.25) is 0 Å². The fourth-order valence-electron chi connectivity index (χ4n) is 4.66. The highest BCUT2D eigenvalue weighted by Crippen LogP contribution is 2.27. The van der Waals surface area contributed by atoms with Crippen molar-refractivity contribution in [1.29, 1.82) is 0 Å². The summed E-state index contributed by atoms with van der Waals surface area (Å²) in [5.74, 6) is -1.75.